The van der Waals surface area contributed by atoms with Gasteiger partial charge in [-0.15, -0.1) is 0 Å². The van der Waals surface area contributed by atoms with Crippen molar-refractivity contribution in [1.82, 2.24) is 4.90 Å². The second-order valence-corrected chi connectivity index (χ2v) is 5.46. The topological polar surface area (TPSA) is 40.5 Å². The molecule has 1 saturated carbocycles. The number of rotatable bonds is 3. The molecule has 2 fully saturated rings. The minimum absolute atomic E-state index is 0.0758. The van der Waals surface area contributed by atoms with Crippen LogP contribution in [0.15, 0.2) is 0 Å². The molecule has 2 aliphatic rings. The summed E-state index contributed by atoms with van der Waals surface area (Å²) in [5.74, 6) is 0.943. The molecule has 2 atom stereocenters. The van der Waals surface area contributed by atoms with Gasteiger partial charge in [0.2, 0.25) is 0 Å². The third-order valence-electron chi connectivity index (χ3n) is 4.15. The molecule has 0 radical (unpaired) electrons. The van der Waals surface area contributed by atoms with Crippen molar-refractivity contribution in [3.05, 3.63) is 0 Å². The van der Waals surface area contributed by atoms with Crippen molar-refractivity contribution in [1.29, 1.82) is 0 Å². The first-order chi connectivity index (χ1) is 7.08. The zero-order valence-electron chi connectivity index (χ0n) is 9.65. The van der Waals surface area contributed by atoms with Crippen molar-refractivity contribution >= 4 is 5.97 Å². The van der Waals surface area contributed by atoms with Gasteiger partial charge in [-0.25, -0.2) is 0 Å². The molecule has 15 heavy (non-hydrogen) atoms. The Balaban J connectivity index is 1.77. The second kappa shape index (κ2) is 4.12. The van der Waals surface area contributed by atoms with E-state index in [1.807, 2.05) is 0 Å². The lowest BCUT2D eigenvalue weighted by Gasteiger charge is -2.45. The molecule has 86 valence electrons. The first-order valence-electron chi connectivity index (χ1n) is 6.04. The third-order valence-corrected chi connectivity index (χ3v) is 4.15. The van der Waals surface area contributed by atoms with Crippen molar-refractivity contribution in [2.45, 2.75) is 39.2 Å². The van der Waals surface area contributed by atoms with Crippen LogP contribution in [-0.2, 0) is 4.79 Å². The Kier molecular flexibility index (Phi) is 3.01. The van der Waals surface area contributed by atoms with Crippen molar-refractivity contribution in [3.8, 4) is 0 Å². The molecule has 0 aromatic carbocycles. The highest BCUT2D eigenvalue weighted by atomic mass is 16.4. The molecule has 1 N–H and O–H groups in total. The first kappa shape index (κ1) is 10.9. The Morgan fingerprint density at radius 2 is 2.00 bits per heavy atom. The molecule has 0 aromatic heterocycles. The molecule has 1 heterocycles. The molecular weight excluding hydrogens is 190 g/mol. The fraction of sp³-hybridized carbons (Fsp3) is 0.917. The summed E-state index contributed by atoms with van der Waals surface area (Å²) < 4.78 is 0. The second-order valence-electron chi connectivity index (χ2n) is 5.46. The van der Waals surface area contributed by atoms with E-state index in [1.54, 1.807) is 0 Å². The normalized spacial score (nSPS) is 33.3. The zero-order chi connectivity index (χ0) is 11.0. The molecule has 0 spiro atoms. The Bertz CT molecular complexity index is 246. The van der Waals surface area contributed by atoms with E-state index in [9.17, 15) is 4.79 Å². The lowest BCUT2D eigenvalue weighted by molar-refractivity contribution is -0.141. The van der Waals surface area contributed by atoms with E-state index in [0.29, 0.717) is 6.04 Å². The summed E-state index contributed by atoms with van der Waals surface area (Å²) in [6.45, 7) is 6.93. The van der Waals surface area contributed by atoms with E-state index >= 15 is 0 Å². The highest BCUT2D eigenvalue weighted by molar-refractivity contribution is 5.70. The van der Waals surface area contributed by atoms with Gasteiger partial charge in [-0.05, 0) is 31.1 Å². The zero-order valence-corrected chi connectivity index (χ0v) is 9.65. The predicted octanol–water partition coefficient (Wildman–Crippen LogP) is 1.83. The van der Waals surface area contributed by atoms with Crippen LogP contribution in [0.2, 0.25) is 0 Å². The van der Waals surface area contributed by atoms with Gasteiger partial charge in [0.05, 0.1) is 5.92 Å². The Morgan fingerprint density at radius 1 is 1.33 bits per heavy atom. The van der Waals surface area contributed by atoms with E-state index in [2.05, 4.69) is 18.7 Å². The van der Waals surface area contributed by atoms with Gasteiger partial charge >= 0.3 is 5.97 Å². The van der Waals surface area contributed by atoms with Crippen molar-refractivity contribution in [2.24, 2.45) is 17.8 Å². The first-order valence-corrected chi connectivity index (χ1v) is 6.04. The van der Waals surface area contributed by atoms with Gasteiger partial charge in [-0.1, -0.05) is 13.8 Å². The third kappa shape index (κ3) is 2.17. The number of nitrogens with zero attached hydrogens (tertiary/aromatic N) is 1. The minimum Gasteiger partial charge on any atom is -0.481 e. The average Bonchev–Trinajstić information content (AvgIpc) is 2.49. The SMILES string of the molecule is CC(C)C1CN(C2CCC(C(=O)O)C2)C1. The van der Waals surface area contributed by atoms with Crippen LogP contribution in [-0.4, -0.2) is 35.1 Å². The summed E-state index contributed by atoms with van der Waals surface area (Å²) in [5.41, 5.74) is 0. The fourth-order valence-corrected chi connectivity index (χ4v) is 2.78. The van der Waals surface area contributed by atoms with Crippen molar-refractivity contribution in [3.63, 3.8) is 0 Å². The van der Waals surface area contributed by atoms with Crippen LogP contribution in [0.5, 0.6) is 0 Å². The number of likely N-dealkylation sites (tertiary alicyclic amines) is 1. The van der Waals surface area contributed by atoms with Gasteiger partial charge in [0.1, 0.15) is 0 Å². The lowest BCUT2D eigenvalue weighted by Crippen LogP contribution is -2.53. The van der Waals surface area contributed by atoms with Crippen LogP contribution in [0.3, 0.4) is 0 Å². The van der Waals surface area contributed by atoms with E-state index in [0.717, 1.165) is 31.1 Å². The molecule has 0 amide bonds. The standard InChI is InChI=1S/C12H21NO2/c1-8(2)10-6-13(7-10)11-4-3-9(5-11)12(14)15/h8-11H,3-7H2,1-2H3,(H,14,15). The molecule has 2 rings (SSSR count). The van der Waals surface area contributed by atoms with Crippen LogP contribution in [0.25, 0.3) is 0 Å². The lowest BCUT2D eigenvalue weighted by atomic mass is 9.87. The van der Waals surface area contributed by atoms with E-state index < -0.39 is 5.97 Å². The smallest absolute Gasteiger partial charge is 0.306 e. The van der Waals surface area contributed by atoms with Gasteiger partial charge in [-0.2, -0.15) is 0 Å². The number of carboxylic acid groups (broad SMARTS) is 1. The van der Waals surface area contributed by atoms with Crippen molar-refractivity contribution in [2.75, 3.05) is 13.1 Å². The van der Waals surface area contributed by atoms with Crippen LogP contribution >= 0.6 is 0 Å². The number of carboxylic acids is 1. The van der Waals surface area contributed by atoms with Crippen LogP contribution in [0.4, 0.5) is 0 Å². The average molecular weight is 211 g/mol. The monoisotopic (exact) mass is 211 g/mol. The molecular formula is C12H21NO2. The number of hydrogen-bond donors (Lipinski definition) is 1. The molecule has 3 heteroatoms. The quantitative estimate of drug-likeness (QED) is 0.774. The maximum Gasteiger partial charge on any atom is 0.306 e. The van der Waals surface area contributed by atoms with E-state index in [-0.39, 0.29) is 5.92 Å². The summed E-state index contributed by atoms with van der Waals surface area (Å²) in [6.07, 6.45) is 2.84. The van der Waals surface area contributed by atoms with Gasteiger partial charge in [-0.3, -0.25) is 9.69 Å². The van der Waals surface area contributed by atoms with Crippen LogP contribution in [0, 0.1) is 17.8 Å². The van der Waals surface area contributed by atoms with Gasteiger partial charge in [0.15, 0.2) is 0 Å². The molecule has 0 bridgehead atoms. The highest BCUT2D eigenvalue weighted by Crippen LogP contribution is 2.35. The summed E-state index contributed by atoms with van der Waals surface area (Å²) in [6, 6.07) is 0.557. The molecule has 1 aliphatic heterocycles. The van der Waals surface area contributed by atoms with Crippen molar-refractivity contribution < 1.29 is 9.90 Å². The Morgan fingerprint density at radius 3 is 2.47 bits per heavy atom. The van der Waals surface area contributed by atoms with E-state index in [4.69, 9.17) is 5.11 Å². The van der Waals surface area contributed by atoms with Gasteiger partial charge in [0.25, 0.3) is 0 Å². The summed E-state index contributed by atoms with van der Waals surface area (Å²) in [7, 11) is 0. The van der Waals surface area contributed by atoms with E-state index in [1.165, 1.54) is 13.1 Å². The molecule has 0 aromatic rings. The molecule has 1 saturated heterocycles. The molecule has 3 nitrogen and oxygen atoms in total. The van der Waals surface area contributed by atoms with Crippen LogP contribution < -0.4 is 0 Å². The maximum atomic E-state index is 10.8. The summed E-state index contributed by atoms with van der Waals surface area (Å²) >= 11 is 0. The molecule has 1 aliphatic carbocycles. The summed E-state index contributed by atoms with van der Waals surface area (Å²) in [5, 5.41) is 8.93. The molecule has 2 unspecified atom stereocenters. The predicted molar refractivity (Wildman–Crippen MR) is 58.7 cm³/mol. The van der Waals surface area contributed by atoms with Gasteiger partial charge < -0.3 is 5.11 Å². The minimum atomic E-state index is -0.599. The number of carbonyl (C=O) groups is 1. The Hall–Kier alpha value is -0.570. The van der Waals surface area contributed by atoms with Gasteiger partial charge in [0, 0.05) is 19.1 Å². The fourth-order valence-electron chi connectivity index (χ4n) is 2.78. The van der Waals surface area contributed by atoms with Crippen LogP contribution in [0.1, 0.15) is 33.1 Å². The maximum absolute atomic E-state index is 10.8. The number of aliphatic carboxylic acids is 1. The largest absolute Gasteiger partial charge is 0.481 e. The summed E-state index contributed by atoms with van der Waals surface area (Å²) in [4.78, 5) is 13.3. The Labute approximate surface area is 91.5 Å². The number of hydrogen-bond acceptors (Lipinski definition) is 2. The highest BCUT2D eigenvalue weighted by Gasteiger charge is 2.39.